The summed E-state index contributed by atoms with van der Waals surface area (Å²) < 4.78 is 7.07. The van der Waals surface area contributed by atoms with Crippen molar-refractivity contribution >= 4 is 5.97 Å². The highest BCUT2D eigenvalue weighted by Crippen LogP contribution is 2.15. The zero-order valence-corrected chi connectivity index (χ0v) is 9.83. The molecular weight excluding hydrogens is 216 g/mol. The van der Waals surface area contributed by atoms with Crippen LogP contribution in [-0.4, -0.2) is 15.5 Å². The molecule has 4 nitrogen and oxygen atoms in total. The lowest BCUT2D eigenvalue weighted by Gasteiger charge is -2.12. The molecule has 17 heavy (non-hydrogen) atoms. The number of nitrogens with zero attached hydrogens (tertiary/aromatic N) is 2. The molecule has 2 heterocycles. The zero-order chi connectivity index (χ0) is 12.3. The number of ether oxygens (including phenoxy) is 1. The minimum Gasteiger partial charge on any atom is -0.451 e. The van der Waals surface area contributed by atoms with Gasteiger partial charge in [-0.25, -0.2) is 4.79 Å². The maximum absolute atomic E-state index is 11.8. The number of hydrogen-bond donors (Lipinski definition) is 0. The van der Waals surface area contributed by atoms with Gasteiger partial charge in [0.1, 0.15) is 11.8 Å². The van der Waals surface area contributed by atoms with E-state index >= 15 is 0 Å². The Labute approximate surface area is 99.9 Å². The molecule has 2 aromatic heterocycles. The van der Waals surface area contributed by atoms with Crippen molar-refractivity contribution in [3.05, 3.63) is 54.1 Å². The normalized spacial score (nSPS) is 12.1. The van der Waals surface area contributed by atoms with Crippen LogP contribution in [0.15, 0.2) is 42.7 Å². The molecule has 88 valence electrons. The third-order valence-corrected chi connectivity index (χ3v) is 2.54. The molecule has 0 radical (unpaired) electrons. The van der Waals surface area contributed by atoms with Crippen LogP contribution in [0.1, 0.15) is 29.2 Å². The van der Waals surface area contributed by atoms with Crippen LogP contribution in [0.2, 0.25) is 0 Å². The zero-order valence-electron chi connectivity index (χ0n) is 9.83. The molecule has 4 heteroatoms. The van der Waals surface area contributed by atoms with Crippen molar-refractivity contribution in [2.45, 2.75) is 13.0 Å². The van der Waals surface area contributed by atoms with E-state index in [0.717, 1.165) is 5.69 Å². The van der Waals surface area contributed by atoms with Crippen LogP contribution in [0.3, 0.4) is 0 Å². The summed E-state index contributed by atoms with van der Waals surface area (Å²) in [5.41, 5.74) is 1.28. The Balaban J connectivity index is 2.08. The molecule has 1 atom stereocenters. The van der Waals surface area contributed by atoms with Gasteiger partial charge in [-0.2, -0.15) is 0 Å². The molecule has 0 spiro atoms. The molecule has 0 N–H and O–H groups in total. The first-order chi connectivity index (χ1) is 8.18. The van der Waals surface area contributed by atoms with Gasteiger partial charge in [0.05, 0.1) is 5.69 Å². The van der Waals surface area contributed by atoms with Crippen molar-refractivity contribution < 1.29 is 9.53 Å². The molecule has 0 fully saturated rings. The minimum absolute atomic E-state index is 0.337. The Bertz CT molecular complexity index is 505. The van der Waals surface area contributed by atoms with Crippen LogP contribution >= 0.6 is 0 Å². The van der Waals surface area contributed by atoms with Crippen LogP contribution in [0.4, 0.5) is 0 Å². The molecule has 0 amide bonds. The summed E-state index contributed by atoms with van der Waals surface area (Å²) in [7, 11) is 1.81. The average molecular weight is 230 g/mol. The number of esters is 1. The molecule has 0 aliphatic carbocycles. The molecule has 1 unspecified atom stereocenters. The van der Waals surface area contributed by atoms with Gasteiger partial charge in [0.2, 0.25) is 0 Å². The van der Waals surface area contributed by atoms with E-state index in [1.165, 1.54) is 0 Å². The van der Waals surface area contributed by atoms with E-state index in [1.54, 1.807) is 16.8 Å². The third kappa shape index (κ3) is 2.53. The molecule has 0 saturated heterocycles. The smallest absolute Gasteiger partial charge is 0.355 e. The predicted molar refractivity (Wildman–Crippen MR) is 63.5 cm³/mol. The van der Waals surface area contributed by atoms with Crippen LogP contribution in [-0.2, 0) is 11.8 Å². The van der Waals surface area contributed by atoms with E-state index in [2.05, 4.69) is 4.98 Å². The minimum atomic E-state index is -0.349. The Morgan fingerprint density at radius 3 is 2.76 bits per heavy atom. The van der Waals surface area contributed by atoms with Gasteiger partial charge >= 0.3 is 5.97 Å². The van der Waals surface area contributed by atoms with Crippen LogP contribution in [0.5, 0.6) is 0 Å². The lowest BCUT2D eigenvalue weighted by molar-refractivity contribution is 0.0318. The summed E-state index contributed by atoms with van der Waals surface area (Å²) >= 11 is 0. The second-order valence-corrected chi connectivity index (χ2v) is 3.81. The third-order valence-electron chi connectivity index (χ3n) is 2.54. The lowest BCUT2D eigenvalue weighted by Crippen LogP contribution is -2.13. The van der Waals surface area contributed by atoms with Gasteiger partial charge in [0.25, 0.3) is 0 Å². The lowest BCUT2D eigenvalue weighted by atomic mass is 10.2. The predicted octanol–water partition coefficient (Wildman–Crippen LogP) is 2.34. The number of carbonyl (C=O) groups is 1. The highest BCUT2D eigenvalue weighted by Gasteiger charge is 2.16. The SMILES string of the molecule is CC(OC(=O)c1cccn1C)c1ccccn1. The van der Waals surface area contributed by atoms with Crippen molar-refractivity contribution in [3.63, 3.8) is 0 Å². The molecule has 0 saturated carbocycles. The van der Waals surface area contributed by atoms with E-state index in [0.29, 0.717) is 5.69 Å². The van der Waals surface area contributed by atoms with E-state index in [9.17, 15) is 4.79 Å². The maximum Gasteiger partial charge on any atom is 0.355 e. The van der Waals surface area contributed by atoms with Gasteiger partial charge in [0, 0.05) is 19.4 Å². The van der Waals surface area contributed by atoms with Gasteiger partial charge in [-0.05, 0) is 31.2 Å². The number of aromatic nitrogens is 2. The van der Waals surface area contributed by atoms with Crippen molar-refractivity contribution in [1.29, 1.82) is 0 Å². The van der Waals surface area contributed by atoms with Gasteiger partial charge in [0.15, 0.2) is 0 Å². The Kier molecular flexibility index (Phi) is 3.23. The Morgan fingerprint density at radius 2 is 2.18 bits per heavy atom. The maximum atomic E-state index is 11.8. The molecule has 0 aliphatic rings. The molecule has 0 aromatic carbocycles. The molecule has 0 bridgehead atoms. The first-order valence-electron chi connectivity index (χ1n) is 5.41. The van der Waals surface area contributed by atoms with Crippen LogP contribution < -0.4 is 0 Å². The summed E-state index contributed by atoms with van der Waals surface area (Å²) in [6.07, 6.45) is 3.14. The number of pyridine rings is 1. The standard InChI is InChI=1S/C13H14N2O2/c1-10(11-6-3-4-8-14-11)17-13(16)12-7-5-9-15(12)2/h3-10H,1-2H3. The van der Waals surface area contributed by atoms with Crippen molar-refractivity contribution in [2.24, 2.45) is 7.05 Å². The fraction of sp³-hybridized carbons (Fsp3) is 0.231. The van der Waals surface area contributed by atoms with Crippen molar-refractivity contribution in [1.82, 2.24) is 9.55 Å². The largest absolute Gasteiger partial charge is 0.451 e. The van der Waals surface area contributed by atoms with E-state index in [-0.39, 0.29) is 12.1 Å². The summed E-state index contributed by atoms with van der Waals surface area (Å²) in [6.45, 7) is 1.81. The van der Waals surface area contributed by atoms with Crippen LogP contribution in [0, 0.1) is 0 Å². The first-order valence-corrected chi connectivity index (χ1v) is 5.41. The number of carbonyl (C=O) groups excluding carboxylic acids is 1. The highest BCUT2D eigenvalue weighted by molar-refractivity contribution is 5.87. The molecule has 0 aliphatic heterocycles. The number of aryl methyl sites for hydroxylation is 1. The van der Waals surface area contributed by atoms with E-state index < -0.39 is 0 Å². The van der Waals surface area contributed by atoms with Gasteiger partial charge < -0.3 is 9.30 Å². The summed E-state index contributed by atoms with van der Waals surface area (Å²) in [5.74, 6) is -0.337. The molecule has 2 rings (SSSR count). The van der Waals surface area contributed by atoms with Crippen molar-refractivity contribution in [2.75, 3.05) is 0 Å². The second kappa shape index (κ2) is 4.82. The summed E-state index contributed by atoms with van der Waals surface area (Å²) in [6, 6.07) is 9.07. The first kappa shape index (κ1) is 11.4. The Hall–Kier alpha value is -2.10. The fourth-order valence-corrected chi connectivity index (χ4v) is 1.57. The monoisotopic (exact) mass is 230 g/mol. The quantitative estimate of drug-likeness (QED) is 0.760. The molecular formula is C13H14N2O2. The highest BCUT2D eigenvalue weighted by atomic mass is 16.5. The average Bonchev–Trinajstić information content (AvgIpc) is 2.76. The Morgan fingerprint density at radius 1 is 1.35 bits per heavy atom. The second-order valence-electron chi connectivity index (χ2n) is 3.81. The van der Waals surface area contributed by atoms with Crippen molar-refractivity contribution in [3.8, 4) is 0 Å². The van der Waals surface area contributed by atoms with Gasteiger partial charge in [-0.3, -0.25) is 4.98 Å². The van der Waals surface area contributed by atoms with Gasteiger partial charge in [-0.1, -0.05) is 6.07 Å². The van der Waals surface area contributed by atoms with Gasteiger partial charge in [-0.15, -0.1) is 0 Å². The topological polar surface area (TPSA) is 44.1 Å². The fourth-order valence-electron chi connectivity index (χ4n) is 1.57. The number of rotatable bonds is 3. The van der Waals surface area contributed by atoms with E-state index in [1.807, 2.05) is 44.4 Å². The summed E-state index contributed by atoms with van der Waals surface area (Å²) in [5, 5.41) is 0. The van der Waals surface area contributed by atoms with Crippen LogP contribution in [0.25, 0.3) is 0 Å². The summed E-state index contributed by atoms with van der Waals surface area (Å²) in [4.78, 5) is 16.0. The van der Waals surface area contributed by atoms with E-state index in [4.69, 9.17) is 4.74 Å². The molecule has 2 aromatic rings. The number of hydrogen-bond acceptors (Lipinski definition) is 3.